The minimum absolute atomic E-state index is 0.316. The molecule has 0 saturated carbocycles. The third-order valence-electron chi connectivity index (χ3n) is 4.61. The zero-order valence-electron chi connectivity index (χ0n) is 16.6. The molecule has 5 nitrogen and oxygen atoms in total. The van der Waals surface area contributed by atoms with Crippen LogP contribution in [-0.4, -0.2) is 42.5 Å². The van der Waals surface area contributed by atoms with E-state index in [9.17, 15) is 0 Å². The fourth-order valence-corrected chi connectivity index (χ4v) is 2.35. The first-order valence-corrected chi connectivity index (χ1v) is 8.62. The smallest absolute Gasteiger partial charge is 0.472 e. The molecular weight excluding hydrogens is 303 g/mol. The van der Waals surface area contributed by atoms with Crippen molar-refractivity contribution in [3.63, 3.8) is 0 Å². The van der Waals surface area contributed by atoms with Gasteiger partial charge in [0.2, 0.25) is 5.88 Å². The number of ether oxygens (including phenoxy) is 1. The van der Waals surface area contributed by atoms with Crippen LogP contribution in [-0.2, 0) is 9.31 Å². The van der Waals surface area contributed by atoms with Crippen molar-refractivity contribution in [2.75, 3.05) is 18.5 Å². The van der Waals surface area contributed by atoms with E-state index in [4.69, 9.17) is 14.0 Å². The number of hydrogen-bond acceptors (Lipinski definition) is 5. The van der Waals surface area contributed by atoms with Gasteiger partial charge in [-0.2, -0.15) is 4.98 Å². The highest BCUT2D eigenvalue weighted by atomic mass is 16.7. The van der Waals surface area contributed by atoms with E-state index >= 15 is 0 Å². The number of hydrogen-bond donors (Lipinski definition) is 0. The van der Waals surface area contributed by atoms with Gasteiger partial charge >= 0.3 is 7.12 Å². The predicted molar refractivity (Wildman–Crippen MR) is 99.3 cm³/mol. The normalized spacial score (nSPS) is 19.5. The van der Waals surface area contributed by atoms with Gasteiger partial charge in [0.15, 0.2) is 0 Å². The summed E-state index contributed by atoms with van der Waals surface area (Å²) in [6.07, 6.45) is 0. The van der Waals surface area contributed by atoms with Crippen molar-refractivity contribution in [2.45, 2.75) is 72.2 Å². The summed E-state index contributed by atoms with van der Waals surface area (Å²) >= 11 is 0. The molecule has 6 heteroatoms. The maximum Gasteiger partial charge on any atom is 0.495 e. The summed E-state index contributed by atoms with van der Waals surface area (Å²) in [5.41, 5.74) is -0.131. The summed E-state index contributed by atoms with van der Waals surface area (Å²) in [6, 6.07) is 3.93. The molecule has 24 heavy (non-hydrogen) atoms. The highest BCUT2D eigenvalue weighted by Gasteiger charge is 2.52. The Labute approximate surface area is 146 Å². The Bertz CT molecular complexity index is 580. The topological polar surface area (TPSA) is 43.8 Å². The zero-order chi connectivity index (χ0) is 18.3. The third kappa shape index (κ3) is 4.04. The van der Waals surface area contributed by atoms with Crippen LogP contribution in [0.5, 0.6) is 5.88 Å². The number of pyridine rings is 1. The number of aromatic nitrogens is 1. The lowest BCUT2D eigenvalue weighted by molar-refractivity contribution is 0.00578. The molecular formula is C18H31BN2O3. The van der Waals surface area contributed by atoms with E-state index < -0.39 is 7.12 Å². The quantitative estimate of drug-likeness (QED) is 0.792. The van der Waals surface area contributed by atoms with Crippen LogP contribution in [0.3, 0.4) is 0 Å². The second kappa shape index (κ2) is 6.23. The number of anilines is 1. The molecule has 1 fully saturated rings. The summed E-state index contributed by atoms with van der Waals surface area (Å²) in [5.74, 6) is 1.44. The first-order valence-electron chi connectivity index (χ1n) is 8.62. The molecule has 1 aromatic rings. The maximum absolute atomic E-state index is 6.18. The molecule has 1 aliphatic heterocycles. The van der Waals surface area contributed by atoms with Crippen LogP contribution in [0.1, 0.15) is 55.4 Å². The van der Waals surface area contributed by atoms with Gasteiger partial charge in [0, 0.05) is 19.7 Å². The van der Waals surface area contributed by atoms with E-state index in [0.717, 1.165) is 17.8 Å². The van der Waals surface area contributed by atoms with E-state index in [1.54, 1.807) is 0 Å². The van der Waals surface area contributed by atoms with Gasteiger partial charge in [-0.15, -0.1) is 0 Å². The lowest BCUT2D eigenvalue weighted by atomic mass is 9.79. The Morgan fingerprint density at radius 2 is 1.67 bits per heavy atom. The molecule has 0 spiro atoms. The van der Waals surface area contributed by atoms with Crippen LogP contribution in [0.2, 0.25) is 0 Å². The molecule has 0 aromatic carbocycles. The summed E-state index contributed by atoms with van der Waals surface area (Å²) in [5, 5.41) is 0. The minimum Gasteiger partial charge on any atom is -0.472 e. The Kier molecular flexibility index (Phi) is 4.95. The summed E-state index contributed by atoms with van der Waals surface area (Å²) in [7, 11) is 1.58. The molecule has 1 aromatic heterocycles. The fourth-order valence-electron chi connectivity index (χ4n) is 2.35. The predicted octanol–water partition coefficient (Wildman–Crippen LogP) is 3.01. The summed E-state index contributed by atoms with van der Waals surface area (Å²) in [6.45, 7) is 17.2. The van der Waals surface area contributed by atoms with Crippen molar-refractivity contribution in [3.8, 4) is 5.88 Å². The Morgan fingerprint density at radius 3 is 2.12 bits per heavy atom. The van der Waals surface area contributed by atoms with Crippen LogP contribution in [0, 0.1) is 0 Å². The van der Waals surface area contributed by atoms with Crippen LogP contribution >= 0.6 is 0 Å². The molecule has 0 aliphatic carbocycles. The molecule has 134 valence electrons. The molecule has 0 unspecified atom stereocenters. The minimum atomic E-state index is -0.427. The largest absolute Gasteiger partial charge is 0.495 e. The Morgan fingerprint density at radius 1 is 1.12 bits per heavy atom. The van der Waals surface area contributed by atoms with E-state index in [0.29, 0.717) is 5.88 Å². The van der Waals surface area contributed by atoms with Gasteiger partial charge in [-0.1, -0.05) is 0 Å². The van der Waals surface area contributed by atoms with Crippen LogP contribution in [0.15, 0.2) is 12.1 Å². The van der Waals surface area contributed by atoms with Crippen LogP contribution in [0.25, 0.3) is 0 Å². The molecule has 0 bridgehead atoms. The second-order valence-corrected chi connectivity index (χ2v) is 8.41. The molecule has 2 rings (SSSR count). The van der Waals surface area contributed by atoms with Crippen molar-refractivity contribution in [1.29, 1.82) is 0 Å². The maximum atomic E-state index is 6.18. The van der Waals surface area contributed by atoms with Gasteiger partial charge in [-0.05, 0) is 66.9 Å². The Hall–Kier alpha value is -1.27. The zero-order valence-corrected chi connectivity index (χ0v) is 16.6. The average Bonchev–Trinajstić information content (AvgIpc) is 2.64. The SMILES string of the molecule is CCN(C)c1cc(B2OC(C)(C)C(C)(C)O2)cc(OC(C)(C)C)n1. The summed E-state index contributed by atoms with van der Waals surface area (Å²) < 4.78 is 18.4. The van der Waals surface area contributed by atoms with Crippen LogP contribution in [0.4, 0.5) is 5.82 Å². The van der Waals surface area contributed by atoms with Crippen LogP contribution < -0.4 is 15.1 Å². The standard InChI is InChI=1S/C18H31BN2O3/c1-10-21(9)14-11-13(12-15(20-14)22-16(2,3)4)19-23-17(5,6)18(7,8)24-19/h11-12H,10H2,1-9H3. The molecule has 0 radical (unpaired) electrons. The molecule has 0 N–H and O–H groups in total. The fraction of sp³-hybridized carbons (Fsp3) is 0.722. The van der Waals surface area contributed by atoms with Gasteiger partial charge in [0.05, 0.1) is 11.2 Å². The molecule has 0 atom stereocenters. The Balaban J connectivity index is 2.41. The van der Waals surface area contributed by atoms with Gasteiger partial charge in [-0.3, -0.25) is 0 Å². The van der Waals surface area contributed by atoms with Crippen molar-refractivity contribution >= 4 is 18.4 Å². The first-order chi connectivity index (χ1) is 10.8. The molecule has 1 saturated heterocycles. The van der Waals surface area contributed by atoms with Crippen molar-refractivity contribution in [1.82, 2.24) is 4.98 Å². The van der Waals surface area contributed by atoms with E-state index in [1.165, 1.54) is 0 Å². The lowest BCUT2D eigenvalue weighted by Crippen LogP contribution is -2.41. The molecule has 0 amide bonds. The van der Waals surface area contributed by atoms with Crippen molar-refractivity contribution < 1.29 is 14.0 Å². The number of rotatable bonds is 4. The summed E-state index contributed by atoms with van der Waals surface area (Å²) in [4.78, 5) is 6.70. The average molecular weight is 334 g/mol. The second-order valence-electron chi connectivity index (χ2n) is 8.41. The van der Waals surface area contributed by atoms with Gasteiger partial charge < -0.3 is 18.9 Å². The first kappa shape index (κ1) is 19.1. The highest BCUT2D eigenvalue weighted by molar-refractivity contribution is 6.62. The van der Waals surface area contributed by atoms with E-state index in [1.807, 2.05) is 40.0 Å². The van der Waals surface area contributed by atoms with Crippen molar-refractivity contribution in [2.24, 2.45) is 0 Å². The van der Waals surface area contributed by atoms with Gasteiger partial charge in [0.25, 0.3) is 0 Å². The van der Waals surface area contributed by atoms with Crippen molar-refractivity contribution in [3.05, 3.63) is 12.1 Å². The third-order valence-corrected chi connectivity index (χ3v) is 4.61. The molecule has 1 aliphatic rings. The van der Waals surface area contributed by atoms with E-state index in [-0.39, 0.29) is 16.8 Å². The highest BCUT2D eigenvalue weighted by Crippen LogP contribution is 2.36. The lowest BCUT2D eigenvalue weighted by Gasteiger charge is -2.32. The monoisotopic (exact) mass is 334 g/mol. The van der Waals surface area contributed by atoms with E-state index in [2.05, 4.69) is 44.5 Å². The molecule has 2 heterocycles. The van der Waals surface area contributed by atoms with Gasteiger partial charge in [0.1, 0.15) is 11.4 Å². The van der Waals surface area contributed by atoms with Gasteiger partial charge in [-0.25, -0.2) is 0 Å². The number of nitrogens with zero attached hydrogens (tertiary/aromatic N) is 2.